The summed E-state index contributed by atoms with van der Waals surface area (Å²) in [6, 6.07) is 16.0. The molecule has 0 radical (unpaired) electrons. The van der Waals surface area contributed by atoms with E-state index in [4.69, 9.17) is 11.6 Å². The fourth-order valence-electron chi connectivity index (χ4n) is 4.32. The van der Waals surface area contributed by atoms with E-state index in [1.54, 1.807) is 0 Å². The fourth-order valence-corrected chi connectivity index (χ4v) is 5.21. The van der Waals surface area contributed by atoms with E-state index >= 15 is 0 Å². The number of amides is 1. The first kappa shape index (κ1) is 22.9. The number of halogens is 1. The molecule has 168 valence electrons. The van der Waals surface area contributed by atoms with Crippen LogP contribution in [0.5, 0.6) is 0 Å². The molecule has 1 aromatic heterocycles. The molecule has 1 aliphatic rings. The van der Waals surface area contributed by atoms with Gasteiger partial charge in [0.25, 0.3) is 0 Å². The summed E-state index contributed by atoms with van der Waals surface area (Å²) in [5.41, 5.74) is 3.04. The van der Waals surface area contributed by atoms with Crippen LogP contribution in [0, 0.1) is 18.8 Å². The Balaban J connectivity index is 1.56. The Kier molecular flexibility index (Phi) is 7.21. The molecule has 0 unspecified atom stereocenters. The molecule has 5 nitrogen and oxygen atoms in total. The standard InChI is InChI=1S/C25H29ClN4OS/c1-16-6-4-8-19(14-16)24-28-29-25(30(24)21-12-10-20(26)11-13-21)32-15-23(31)27-22-9-5-7-17(2)18(22)3/h4,6,8,10-14,17-18,22H,5,7,9,15H2,1-3H3,(H,27,31)/t17-,18-,22-/m0/s1. The lowest BCUT2D eigenvalue weighted by Crippen LogP contribution is -2.44. The molecule has 1 heterocycles. The molecule has 4 rings (SSSR count). The van der Waals surface area contributed by atoms with E-state index in [0.29, 0.717) is 27.8 Å². The van der Waals surface area contributed by atoms with Gasteiger partial charge in [-0.15, -0.1) is 10.2 Å². The van der Waals surface area contributed by atoms with Gasteiger partial charge in [0.1, 0.15) is 0 Å². The SMILES string of the molecule is Cc1cccc(-c2nnc(SCC(=O)N[C@H]3CCC[C@H](C)[C@@H]3C)n2-c2ccc(Cl)cc2)c1. The molecule has 0 bridgehead atoms. The maximum atomic E-state index is 12.7. The molecule has 0 spiro atoms. The van der Waals surface area contributed by atoms with Crippen molar-refractivity contribution in [1.29, 1.82) is 0 Å². The van der Waals surface area contributed by atoms with Gasteiger partial charge < -0.3 is 5.32 Å². The van der Waals surface area contributed by atoms with E-state index in [-0.39, 0.29) is 11.9 Å². The highest BCUT2D eigenvalue weighted by atomic mass is 35.5. The van der Waals surface area contributed by atoms with Crippen molar-refractivity contribution >= 4 is 29.3 Å². The quantitative estimate of drug-likeness (QED) is 0.455. The average Bonchev–Trinajstić information content (AvgIpc) is 3.20. The average molecular weight is 469 g/mol. The lowest BCUT2D eigenvalue weighted by atomic mass is 9.78. The fraction of sp³-hybridized carbons (Fsp3) is 0.400. The van der Waals surface area contributed by atoms with Crippen LogP contribution in [0.15, 0.2) is 53.7 Å². The van der Waals surface area contributed by atoms with Gasteiger partial charge in [-0.2, -0.15) is 0 Å². The normalized spacial score (nSPS) is 20.8. The van der Waals surface area contributed by atoms with Crippen LogP contribution in [0.2, 0.25) is 5.02 Å². The number of nitrogens with zero attached hydrogens (tertiary/aromatic N) is 3. The third-order valence-electron chi connectivity index (χ3n) is 6.38. The van der Waals surface area contributed by atoms with Crippen molar-refractivity contribution in [3.63, 3.8) is 0 Å². The second-order valence-corrected chi connectivity index (χ2v) is 10.1. The highest BCUT2D eigenvalue weighted by Crippen LogP contribution is 2.31. The van der Waals surface area contributed by atoms with Crippen molar-refractivity contribution < 1.29 is 4.79 Å². The van der Waals surface area contributed by atoms with Crippen LogP contribution in [0.3, 0.4) is 0 Å². The Bertz CT molecular complexity index is 1080. The Morgan fingerprint density at radius 2 is 1.94 bits per heavy atom. The van der Waals surface area contributed by atoms with Gasteiger partial charge in [-0.3, -0.25) is 9.36 Å². The van der Waals surface area contributed by atoms with Crippen LogP contribution in [-0.4, -0.2) is 32.5 Å². The zero-order valence-corrected chi connectivity index (χ0v) is 20.3. The maximum Gasteiger partial charge on any atom is 0.230 e. The van der Waals surface area contributed by atoms with Crippen LogP contribution >= 0.6 is 23.4 Å². The molecular weight excluding hydrogens is 440 g/mol. The zero-order valence-electron chi connectivity index (χ0n) is 18.7. The Labute approximate surface area is 199 Å². The van der Waals surface area contributed by atoms with Gasteiger partial charge in [0, 0.05) is 22.3 Å². The van der Waals surface area contributed by atoms with Crippen LogP contribution in [-0.2, 0) is 4.79 Å². The molecule has 0 saturated heterocycles. The molecule has 1 amide bonds. The smallest absolute Gasteiger partial charge is 0.230 e. The lowest BCUT2D eigenvalue weighted by Gasteiger charge is -2.34. The van der Waals surface area contributed by atoms with E-state index in [2.05, 4.69) is 48.4 Å². The summed E-state index contributed by atoms with van der Waals surface area (Å²) in [4.78, 5) is 12.7. The number of carbonyl (C=O) groups excluding carboxylic acids is 1. The van der Waals surface area contributed by atoms with E-state index in [1.165, 1.54) is 24.6 Å². The molecule has 0 aliphatic heterocycles. The first-order valence-corrected chi connectivity index (χ1v) is 12.5. The number of hydrogen-bond donors (Lipinski definition) is 1. The molecule has 3 atom stereocenters. The van der Waals surface area contributed by atoms with Gasteiger partial charge in [-0.25, -0.2) is 0 Å². The van der Waals surface area contributed by atoms with Crippen molar-refractivity contribution in [2.45, 2.75) is 51.2 Å². The molecule has 7 heteroatoms. The summed E-state index contributed by atoms with van der Waals surface area (Å²) in [6.45, 7) is 6.58. The van der Waals surface area contributed by atoms with Crippen molar-refractivity contribution in [3.05, 3.63) is 59.1 Å². The van der Waals surface area contributed by atoms with E-state index in [1.807, 2.05) is 41.0 Å². The number of hydrogen-bond acceptors (Lipinski definition) is 4. The van der Waals surface area contributed by atoms with Gasteiger partial charge >= 0.3 is 0 Å². The Hall–Kier alpha value is -2.31. The number of aromatic nitrogens is 3. The minimum Gasteiger partial charge on any atom is -0.352 e. The molecule has 1 fully saturated rings. The Morgan fingerprint density at radius 3 is 2.69 bits per heavy atom. The molecule has 32 heavy (non-hydrogen) atoms. The van der Waals surface area contributed by atoms with Crippen LogP contribution in [0.1, 0.15) is 38.7 Å². The summed E-state index contributed by atoms with van der Waals surface area (Å²) >= 11 is 7.52. The number of thioether (sulfide) groups is 1. The maximum absolute atomic E-state index is 12.7. The Morgan fingerprint density at radius 1 is 1.16 bits per heavy atom. The molecule has 1 N–H and O–H groups in total. The second kappa shape index (κ2) is 10.1. The monoisotopic (exact) mass is 468 g/mol. The van der Waals surface area contributed by atoms with Crippen molar-refractivity contribution in [3.8, 4) is 17.1 Å². The zero-order chi connectivity index (χ0) is 22.7. The summed E-state index contributed by atoms with van der Waals surface area (Å²) in [6.07, 6.45) is 3.48. The summed E-state index contributed by atoms with van der Waals surface area (Å²) in [5, 5.41) is 13.5. The van der Waals surface area contributed by atoms with Gasteiger partial charge in [0.2, 0.25) is 5.91 Å². The molecule has 2 aromatic carbocycles. The third-order valence-corrected chi connectivity index (χ3v) is 7.56. The number of aryl methyl sites for hydroxylation is 1. The van der Waals surface area contributed by atoms with Gasteiger partial charge in [-0.05, 0) is 55.5 Å². The van der Waals surface area contributed by atoms with Gasteiger partial charge in [0.15, 0.2) is 11.0 Å². The highest BCUT2D eigenvalue weighted by molar-refractivity contribution is 7.99. The topological polar surface area (TPSA) is 59.8 Å². The molecule has 1 saturated carbocycles. The van der Waals surface area contributed by atoms with E-state index < -0.39 is 0 Å². The lowest BCUT2D eigenvalue weighted by molar-refractivity contribution is -0.120. The number of rotatable bonds is 6. The second-order valence-electron chi connectivity index (χ2n) is 8.72. The number of nitrogens with one attached hydrogen (secondary N) is 1. The van der Waals surface area contributed by atoms with Crippen molar-refractivity contribution in [2.75, 3.05) is 5.75 Å². The summed E-state index contributed by atoms with van der Waals surface area (Å²) < 4.78 is 1.99. The third kappa shape index (κ3) is 5.18. The minimum atomic E-state index is 0.0451. The molecule has 3 aromatic rings. The predicted molar refractivity (Wildman–Crippen MR) is 131 cm³/mol. The number of benzene rings is 2. The van der Waals surface area contributed by atoms with Crippen molar-refractivity contribution in [2.24, 2.45) is 11.8 Å². The van der Waals surface area contributed by atoms with Crippen LogP contribution < -0.4 is 5.32 Å². The molecular formula is C25H29ClN4OS. The minimum absolute atomic E-state index is 0.0451. The van der Waals surface area contributed by atoms with E-state index in [0.717, 1.165) is 29.1 Å². The summed E-state index contributed by atoms with van der Waals surface area (Å²) in [7, 11) is 0. The van der Waals surface area contributed by atoms with Gasteiger partial charge in [-0.1, -0.05) is 73.8 Å². The first-order valence-electron chi connectivity index (χ1n) is 11.1. The first-order chi connectivity index (χ1) is 15.4. The highest BCUT2D eigenvalue weighted by Gasteiger charge is 2.28. The summed E-state index contributed by atoms with van der Waals surface area (Å²) in [5.74, 6) is 2.24. The van der Waals surface area contributed by atoms with Crippen molar-refractivity contribution in [1.82, 2.24) is 20.1 Å². The number of carbonyl (C=O) groups is 1. The van der Waals surface area contributed by atoms with Crippen LogP contribution in [0.4, 0.5) is 0 Å². The largest absolute Gasteiger partial charge is 0.352 e. The molecule has 1 aliphatic carbocycles. The van der Waals surface area contributed by atoms with E-state index in [9.17, 15) is 4.79 Å². The van der Waals surface area contributed by atoms with Gasteiger partial charge in [0.05, 0.1) is 5.75 Å². The predicted octanol–water partition coefficient (Wildman–Crippen LogP) is 5.93. The van der Waals surface area contributed by atoms with Crippen LogP contribution in [0.25, 0.3) is 17.1 Å².